The van der Waals surface area contributed by atoms with Crippen molar-refractivity contribution < 1.29 is 26.6 Å². The summed E-state index contributed by atoms with van der Waals surface area (Å²) in [4.78, 5) is 14.9. The van der Waals surface area contributed by atoms with E-state index in [1.54, 1.807) is 0 Å². The van der Waals surface area contributed by atoms with Crippen LogP contribution in [0.4, 0.5) is 4.79 Å². The van der Waals surface area contributed by atoms with E-state index in [0.717, 1.165) is 12.7 Å². The minimum Gasteiger partial charge on any atom is -0.444 e. The fourth-order valence-electron chi connectivity index (χ4n) is 4.12. The number of likely N-dealkylation sites (tertiary alicyclic amines) is 1. The largest absolute Gasteiger partial charge is 0.444 e. The molecule has 4 unspecified atom stereocenters. The summed E-state index contributed by atoms with van der Waals surface area (Å²) < 4.78 is 40.3. The summed E-state index contributed by atoms with van der Waals surface area (Å²) >= 11 is 0. The lowest BCUT2D eigenvalue weighted by atomic mass is 9.82. The number of rotatable bonds is 6. The predicted molar refractivity (Wildman–Crippen MR) is 111 cm³/mol. The summed E-state index contributed by atoms with van der Waals surface area (Å²) in [7, 11) is -4.90. The Morgan fingerprint density at radius 2 is 1.75 bits per heavy atom. The molecule has 28 heavy (non-hydrogen) atoms. The van der Waals surface area contributed by atoms with Crippen LogP contribution in [0.3, 0.4) is 0 Å². The van der Waals surface area contributed by atoms with Gasteiger partial charge < -0.3 is 9.16 Å². The molecule has 164 valence electrons. The lowest BCUT2D eigenvalue weighted by Crippen LogP contribution is -2.53. The Morgan fingerprint density at radius 3 is 2.18 bits per heavy atom. The molecule has 1 heterocycles. The number of amides is 1. The number of hydrogen-bond acceptors (Lipinski definition) is 6. The van der Waals surface area contributed by atoms with E-state index in [9.17, 15) is 13.2 Å². The van der Waals surface area contributed by atoms with Crippen LogP contribution in [-0.2, 0) is 23.5 Å². The molecule has 1 saturated heterocycles. The first-order chi connectivity index (χ1) is 12.5. The van der Waals surface area contributed by atoms with E-state index in [4.69, 9.17) is 13.3 Å². The van der Waals surface area contributed by atoms with E-state index in [1.165, 1.54) is 0 Å². The number of hydrogen-bond donors (Lipinski definition) is 0. The van der Waals surface area contributed by atoms with Gasteiger partial charge in [-0.05, 0) is 52.1 Å². The van der Waals surface area contributed by atoms with E-state index in [1.807, 2.05) is 25.7 Å². The quantitative estimate of drug-likeness (QED) is 0.471. The second-order valence-corrected chi connectivity index (χ2v) is 14.7. The van der Waals surface area contributed by atoms with E-state index >= 15 is 0 Å². The van der Waals surface area contributed by atoms with Crippen molar-refractivity contribution in [1.82, 2.24) is 4.90 Å². The Balaban J connectivity index is 2.33. The molecule has 2 fully saturated rings. The average molecular weight is 436 g/mol. The highest BCUT2D eigenvalue weighted by atomic mass is 32.2. The van der Waals surface area contributed by atoms with Crippen molar-refractivity contribution >= 4 is 25.3 Å². The van der Waals surface area contributed by atoms with E-state index in [2.05, 4.69) is 33.9 Å². The van der Waals surface area contributed by atoms with Crippen LogP contribution in [0.15, 0.2) is 0 Å². The van der Waals surface area contributed by atoms with Gasteiger partial charge in [-0.25, -0.2) is 4.79 Å². The van der Waals surface area contributed by atoms with E-state index in [-0.39, 0.29) is 41.7 Å². The van der Waals surface area contributed by atoms with E-state index < -0.39 is 24.8 Å². The second kappa shape index (κ2) is 7.56. The Labute approximate surface area is 171 Å². The molecule has 0 bridgehead atoms. The maximum atomic E-state index is 13.1. The van der Waals surface area contributed by atoms with E-state index in [0.29, 0.717) is 6.42 Å². The Hall–Kier alpha value is -0.643. The summed E-state index contributed by atoms with van der Waals surface area (Å²) in [5, 5.41) is 0. The molecule has 1 amide bonds. The van der Waals surface area contributed by atoms with Crippen molar-refractivity contribution in [3.05, 3.63) is 0 Å². The second-order valence-electron chi connectivity index (χ2n) is 10.7. The molecule has 9 heteroatoms. The van der Waals surface area contributed by atoms with Crippen LogP contribution >= 0.6 is 0 Å². The molecule has 0 N–H and O–H groups in total. The molecule has 2 aliphatic rings. The number of piperidine rings is 1. The van der Waals surface area contributed by atoms with Gasteiger partial charge in [0.1, 0.15) is 5.60 Å². The number of carbonyl (C=O) groups excluding carboxylic acids is 1. The Morgan fingerprint density at radius 1 is 1.18 bits per heavy atom. The van der Waals surface area contributed by atoms with Crippen LogP contribution in [0.25, 0.3) is 0 Å². The zero-order valence-electron chi connectivity index (χ0n) is 18.7. The minimum absolute atomic E-state index is 0.0728. The third-order valence-electron chi connectivity index (χ3n) is 5.24. The molecule has 0 aromatic rings. The highest BCUT2D eigenvalue weighted by Crippen LogP contribution is 2.61. The number of ether oxygens (including phenoxy) is 1. The molecular weight excluding hydrogens is 398 g/mol. The summed E-state index contributed by atoms with van der Waals surface area (Å²) in [6.07, 6.45) is 1.95. The first-order valence-electron chi connectivity index (χ1n) is 9.96. The van der Waals surface area contributed by atoms with Crippen LogP contribution in [-0.4, -0.2) is 65.1 Å². The molecule has 0 aromatic heterocycles. The van der Waals surface area contributed by atoms with Gasteiger partial charge in [0.2, 0.25) is 0 Å². The molecule has 4 atom stereocenters. The molecule has 0 radical (unpaired) electrons. The van der Waals surface area contributed by atoms with Gasteiger partial charge >= 0.3 is 6.09 Å². The monoisotopic (exact) mass is 435 g/mol. The van der Waals surface area contributed by atoms with Crippen LogP contribution in [0.5, 0.6) is 0 Å². The standard InChI is InChI=1S/C19H37NO6SSi/c1-17(2,3)15(26-28(8)9)13-10-19(12-24-27(7,22)23)11-14(19)20(13)16(21)25-18(4,5)6/h13-15,28H,10-12H2,1-9H3. The van der Waals surface area contributed by atoms with Gasteiger partial charge in [0, 0.05) is 11.5 Å². The van der Waals surface area contributed by atoms with Crippen molar-refractivity contribution in [3.63, 3.8) is 0 Å². The van der Waals surface area contributed by atoms with Gasteiger partial charge in [-0.2, -0.15) is 8.42 Å². The maximum absolute atomic E-state index is 13.1. The van der Waals surface area contributed by atoms with Gasteiger partial charge in [0.15, 0.2) is 9.04 Å². The highest BCUT2D eigenvalue weighted by Gasteiger charge is 2.68. The van der Waals surface area contributed by atoms with Crippen LogP contribution < -0.4 is 0 Å². The molecule has 0 aromatic carbocycles. The molecule has 2 rings (SSSR count). The summed E-state index contributed by atoms with van der Waals surface area (Å²) in [5.41, 5.74) is -1.11. The number of fused-ring (bicyclic) bond motifs is 1. The summed E-state index contributed by atoms with van der Waals surface area (Å²) in [6, 6.07) is -0.233. The highest BCUT2D eigenvalue weighted by molar-refractivity contribution is 7.85. The van der Waals surface area contributed by atoms with Gasteiger partial charge in [0.05, 0.1) is 25.0 Å². The number of carbonyl (C=O) groups is 1. The normalized spacial score (nSPS) is 29.0. The first-order valence-corrected chi connectivity index (χ1v) is 14.6. The fourth-order valence-corrected chi connectivity index (χ4v) is 5.74. The summed E-state index contributed by atoms with van der Waals surface area (Å²) in [6.45, 7) is 16.2. The van der Waals surface area contributed by atoms with Gasteiger partial charge in [0.25, 0.3) is 10.1 Å². The van der Waals surface area contributed by atoms with Gasteiger partial charge in [-0.1, -0.05) is 20.8 Å². The van der Waals surface area contributed by atoms with Crippen LogP contribution in [0.1, 0.15) is 54.4 Å². The van der Waals surface area contributed by atoms with Crippen LogP contribution in [0, 0.1) is 10.8 Å². The molecule has 1 aliphatic carbocycles. The lowest BCUT2D eigenvalue weighted by molar-refractivity contribution is -0.0207. The van der Waals surface area contributed by atoms with Gasteiger partial charge in [-0.15, -0.1) is 0 Å². The topological polar surface area (TPSA) is 82.1 Å². The van der Waals surface area contributed by atoms with Gasteiger partial charge in [-0.3, -0.25) is 9.08 Å². The fraction of sp³-hybridized carbons (Fsp3) is 0.947. The van der Waals surface area contributed by atoms with Crippen molar-refractivity contribution in [2.75, 3.05) is 12.9 Å². The molecule has 7 nitrogen and oxygen atoms in total. The molecule has 0 spiro atoms. The average Bonchev–Trinajstić information content (AvgIpc) is 3.04. The van der Waals surface area contributed by atoms with Crippen molar-refractivity contribution in [3.8, 4) is 0 Å². The molecule has 1 aliphatic heterocycles. The first kappa shape index (κ1) is 23.6. The van der Waals surface area contributed by atoms with Crippen molar-refractivity contribution in [1.29, 1.82) is 0 Å². The Kier molecular flexibility index (Phi) is 6.38. The van der Waals surface area contributed by atoms with Crippen molar-refractivity contribution in [2.24, 2.45) is 10.8 Å². The molecular formula is C19H37NO6SSi. The lowest BCUT2D eigenvalue weighted by Gasteiger charge is -2.42. The van der Waals surface area contributed by atoms with Crippen LogP contribution in [0.2, 0.25) is 13.1 Å². The van der Waals surface area contributed by atoms with Crippen molar-refractivity contribution in [2.45, 2.75) is 91.3 Å². The third kappa shape index (κ3) is 5.70. The predicted octanol–water partition coefficient (Wildman–Crippen LogP) is 3.15. The minimum atomic E-state index is -3.53. The Bertz CT molecular complexity index is 696. The number of nitrogens with zero attached hydrogens (tertiary/aromatic N) is 1. The molecule has 1 saturated carbocycles. The maximum Gasteiger partial charge on any atom is 0.410 e. The third-order valence-corrected chi connectivity index (χ3v) is 6.63. The summed E-state index contributed by atoms with van der Waals surface area (Å²) in [5.74, 6) is 0. The zero-order valence-corrected chi connectivity index (χ0v) is 20.7. The zero-order chi connectivity index (χ0) is 21.7. The SMILES string of the molecule is C[SiH](C)OC(C1CC2(COS(C)(=O)=O)CC2N1C(=O)OC(C)(C)C)C(C)(C)C. The smallest absolute Gasteiger partial charge is 0.410 e.